The Labute approximate surface area is 198 Å². The van der Waals surface area contributed by atoms with Crippen molar-refractivity contribution in [3.05, 3.63) is 65.5 Å². The molecule has 4 rings (SSSR count). The van der Waals surface area contributed by atoms with Gasteiger partial charge in [-0.2, -0.15) is 0 Å². The summed E-state index contributed by atoms with van der Waals surface area (Å²) in [6, 6.07) is 7.56. The summed E-state index contributed by atoms with van der Waals surface area (Å²) in [7, 11) is 0. The number of rotatable bonds is 7. The number of hydrogen-bond acceptors (Lipinski definition) is 5. The van der Waals surface area contributed by atoms with Crippen molar-refractivity contribution in [2.24, 2.45) is 0 Å². The van der Waals surface area contributed by atoms with Crippen molar-refractivity contribution in [3.63, 3.8) is 0 Å². The minimum absolute atomic E-state index is 0.384. The first-order chi connectivity index (χ1) is 16.3. The van der Waals surface area contributed by atoms with Gasteiger partial charge in [-0.15, -0.1) is 10.2 Å². The highest BCUT2D eigenvalue weighted by Crippen LogP contribution is 2.28. The SMILES string of the molecule is CC(Sc1nnc(CN2CCCCC2)n1-c1ccc(F)cc1)C(=O)Nc1ccc(F)c(F)c1F. The molecule has 1 aliphatic heterocycles. The maximum Gasteiger partial charge on any atom is 0.237 e. The first-order valence-corrected chi connectivity index (χ1v) is 11.7. The summed E-state index contributed by atoms with van der Waals surface area (Å²) in [6.45, 7) is 4.01. The van der Waals surface area contributed by atoms with Gasteiger partial charge in [0.05, 0.1) is 17.5 Å². The van der Waals surface area contributed by atoms with E-state index >= 15 is 0 Å². The average Bonchev–Trinajstić information content (AvgIpc) is 3.22. The number of nitrogens with one attached hydrogen (secondary N) is 1. The largest absolute Gasteiger partial charge is 0.323 e. The Balaban J connectivity index is 1.56. The molecule has 0 aliphatic carbocycles. The Morgan fingerprint density at radius 3 is 2.41 bits per heavy atom. The van der Waals surface area contributed by atoms with Gasteiger partial charge < -0.3 is 5.32 Å². The molecule has 1 aromatic heterocycles. The molecule has 0 spiro atoms. The summed E-state index contributed by atoms with van der Waals surface area (Å²) in [5, 5.41) is 10.5. The van der Waals surface area contributed by atoms with Crippen LogP contribution in [0, 0.1) is 23.3 Å². The van der Waals surface area contributed by atoms with Gasteiger partial charge in [0.1, 0.15) is 5.82 Å². The van der Waals surface area contributed by atoms with Crippen LogP contribution in [-0.4, -0.2) is 43.9 Å². The van der Waals surface area contributed by atoms with Crippen molar-refractivity contribution in [1.29, 1.82) is 0 Å². The van der Waals surface area contributed by atoms with E-state index in [1.54, 1.807) is 23.6 Å². The Hall–Kier alpha value is -2.92. The van der Waals surface area contributed by atoms with Crippen LogP contribution in [0.5, 0.6) is 0 Å². The molecule has 2 heterocycles. The van der Waals surface area contributed by atoms with Gasteiger partial charge in [0.25, 0.3) is 0 Å². The second-order valence-electron chi connectivity index (χ2n) is 8.02. The molecule has 0 saturated carbocycles. The highest BCUT2D eigenvalue weighted by atomic mass is 32.2. The third-order valence-electron chi connectivity index (χ3n) is 5.54. The Bertz CT molecular complexity index is 1160. The van der Waals surface area contributed by atoms with Gasteiger partial charge in [-0.3, -0.25) is 14.3 Å². The number of aromatic nitrogens is 3. The van der Waals surface area contributed by atoms with Crippen molar-refractivity contribution >= 4 is 23.4 Å². The summed E-state index contributed by atoms with van der Waals surface area (Å²) in [4.78, 5) is 14.9. The van der Waals surface area contributed by atoms with E-state index in [2.05, 4.69) is 20.4 Å². The lowest BCUT2D eigenvalue weighted by atomic mass is 10.1. The van der Waals surface area contributed by atoms with Gasteiger partial charge in [-0.1, -0.05) is 18.2 Å². The van der Waals surface area contributed by atoms with Crippen molar-refractivity contribution in [3.8, 4) is 5.69 Å². The van der Waals surface area contributed by atoms with Gasteiger partial charge in [0.2, 0.25) is 5.91 Å². The van der Waals surface area contributed by atoms with Crippen molar-refractivity contribution in [1.82, 2.24) is 19.7 Å². The second kappa shape index (κ2) is 10.6. The van der Waals surface area contributed by atoms with Gasteiger partial charge in [0, 0.05) is 5.69 Å². The maximum absolute atomic E-state index is 14.0. The van der Waals surface area contributed by atoms with Crippen molar-refractivity contribution in [2.45, 2.75) is 43.1 Å². The third kappa shape index (κ3) is 5.41. The minimum Gasteiger partial charge on any atom is -0.323 e. The number of hydrogen-bond donors (Lipinski definition) is 1. The van der Waals surface area contributed by atoms with Crippen LogP contribution in [0.3, 0.4) is 0 Å². The fourth-order valence-electron chi connectivity index (χ4n) is 3.71. The van der Waals surface area contributed by atoms with Crippen LogP contribution >= 0.6 is 11.8 Å². The molecule has 3 aromatic rings. The molecule has 11 heteroatoms. The molecular formula is C23H23F4N5OS. The standard InChI is InChI=1S/C23H23F4N5OS/c1-14(22(33)28-18-10-9-17(25)20(26)21(18)27)34-23-30-29-19(13-31-11-3-2-4-12-31)32(23)16-7-5-15(24)6-8-16/h5-10,14H,2-4,11-13H2,1H3,(H,28,33). The van der Waals surface area contributed by atoms with Gasteiger partial charge in [-0.05, 0) is 69.3 Å². The highest BCUT2D eigenvalue weighted by molar-refractivity contribution is 8.00. The molecule has 1 aliphatic rings. The Morgan fingerprint density at radius 2 is 1.71 bits per heavy atom. The number of carbonyl (C=O) groups is 1. The van der Waals surface area contributed by atoms with E-state index < -0.39 is 34.3 Å². The van der Waals surface area contributed by atoms with E-state index in [0.717, 1.165) is 49.8 Å². The number of halogens is 4. The van der Waals surface area contributed by atoms with Crippen LogP contribution in [-0.2, 0) is 11.3 Å². The average molecular weight is 494 g/mol. The number of thioether (sulfide) groups is 1. The smallest absolute Gasteiger partial charge is 0.237 e. The van der Waals surface area contributed by atoms with Gasteiger partial charge in [0.15, 0.2) is 28.4 Å². The first-order valence-electron chi connectivity index (χ1n) is 10.9. The van der Waals surface area contributed by atoms with Crippen LogP contribution < -0.4 is 5.32 Å². The van der Waals surface area contributed by atoms with Crippen LogP contribution in [0.25, 0.3) is 5.69 Å². The Kier molecular flexibility index (Phi) is 7.52. The predicted molar refractivity (Wildman–Crippen MR) is 121 cm³/mol. The number of anilines is 1. The fraction of sp³-hybridized carbons (Fsp3) is 0.348. The van der Waals surface area contributed by atoms with E-state index in [1.807, 2.05) is 0 Å². The van der Waals surface area contributed by atoms with E-state index in [1.165, 1.54) is 18.6 Å². The summed E-state index contributed by atoms with van der Waals surface area (Å²) >= 11 is 1.07. The zero-order valence-electron chi connectivity index (χ0n) is 18.4. The molecule has 1 amide bonds. The second-order valence-corrected chi connectivity index (χ2v) is 9.33. The van der Waals surface area contributed by atoms with Crippen molar-refractivity contribution in [2.75, 3.05) is 18.4 Å². The maximum atomic E-state index is 14.0. The number of benzene rings is 2. The first kappa shape index (κ1) is 24.2. The minimum atomic E-state index is -1.66. The molecular weight excluding hydrogens is 470 g/mol. The van der Waals surface area contributed by atoms with E-state index in [9.17, 15) is 22.4 Å². The molecule has 6 nitrogen and oxygen atoms in total. The van der Waals surface area contributed by atoms with E-state index in [-0.39, 0.29) is 5.82 Å². The summed E-state index contributed by atoms with van der Waals surface area (Å²) in [5.41, 5.74) is 0.183. The molecule has 2 aromatic carbocycles. The normalized spacial score (nSPS) is 15.3. The van der Waals surface area contributed by atoms with Crippen LogP contribution in [0.4, 0.5) is 23.2 Å². The van der Waals surface area contributed by atoms with Crippen LogP contribution in [0.1, 0.15) is 32.0 Å². The topological polar surface area (TPSA) is 63.1 Å². The zero-order chi connectivity index (χ0) is 24.2. The molecule has 1 atom stereocenters. The lowest BCUT2D eigenvalue weighted by molar-refractivity contribution is -0.115. The molecule has 1 unspecified atom stereocenters. The van der Waals surface area contributed by atoms with E-state index in [0.29, 0.717) is 23.2 Å². The van der Waals surface area contributed by atoms with Crippen LogP contribution in [0.15, 0.2) is 41.6 Å². The van der Waals surface area contributed by atoms with Gasteiger partial charge >= 0.3 is 0 Å². The molecule has 34 heavy (non-hydrogen) atoms. The number of nitrogens with zero attached hydrogens (tertiary/aromatic N) is 4. The quantitative estimate of drug-likeness (QED) is 0.287. The fourth-order valence-corrected chi connectivity index (χ4v) is 4.60. The number of likely N-dealkylation sites (tertiary alicyclic amines) is 1. The molecule has 1 saturated heterocycles. The van der Waals surface area contributed by atoms with E-state index in [4.69, 9.17) is 0 Å². The summed E-state index contributed by atoms with van der Waals surface area (Å²) in [6.07, 6.45) is 3.39. The number of piperidine rings is 1. The summed E-state index contributed by atoms with van der Waals surface area (Å²) in [5.74, 6) is -4.83. The molecule has 1 fully saturated rings. The lowest BCUT2D eigenvalue weighted by Gasteiger charge is -2.26. The van der Waals surface area contributed by atoms with Gasteiger partial charge in [-0.25, -0.2) is 17.6 Å². The molecule has 1 N–H and O–H groups in total. The zero-order valence-corrected chi connectivity index (χ0v) is 19.2. The van der Waals surface area contributed by atoms with Crippen LogP contribution in [0.2, 0.25) is 0 Å². The number of amides is 1. The predicted octanol–water partition coefficient (Wildman–Crippen LogP) is 4.93. The highest BCUT2D eigenvalue weighted by Gasteiger charge is 2.24. The number of carbonyl (C=O) groups excluding carboxylic acids is 1. The monoisotopic (exact) mass is 493 g/mol. The third-order valence-corrected chi connectivity index (χ3v) is 6.59. The molecule has 0 bridgehead atoms. The lowest BCUT2D eigenvalue weighted by Crippen LogP contribution is -2.30. The molecule has 180 valence electrons. The molecule has 0 radical (unpaired) electrons. The van der Waals surface area contributed by atoms with Crippen molar-refractivity contribution < 1.29 is 22.4 Å². The summed E-state index contributed by atoms with van der Waals surface area (Å²) < 4.78 is 55.9. The Morgan fingerprint density at radius 1 is 1.00 bits per heavy atom.